The second-order valence-electron chi connectivity index (χ2n) is 30.6. The van der Waals surface area contributed by atoms with Gasteiger partial charge < -0.3 is 68.5 Å². The van der Waals surface area contributed by atoms with Gasteiger partial charge in [-0.2, -0.15) is 21.6 Å². The molecule has 0 bridgehead atoms. The quantitative estimate of drug-likeness (QED) is 0.00741. The van der Waals surface area contributed by atoms with Crippen LogP contribution in [-0.4, -0.2) is 172 Å². The van der Waals surface area contributed by atoms with Crippen molar-refractivity contribution in [2.45, 2.75) is 137 Å². The van der Waals surface area contributed by atoms with Crippen molar-refractivity contribution in [3.05, 3.63) is 288 Å². The van der Waals surface area contributed by atoms with E-state index in [-0.39, 0.29) is 95.5 Å². The minimum Gasteiger partial charge on any atom is -1.00 e. The molecule has 33 heteroatoms. The fourth-order valence-corrected chi connectivity index (χ4v) is 14.4. The number of methoxy groups -OCH3 is 4. The third-order valence-corrected chi connectivity index (χ3v) is 22.3. The summed E-state index contributed by atoms with van der Waals surface area (Å²) in [6.07, 6.45) is 17.6. The van der Waals surface area contributed by atoms with E-state index < -0.39 is 45.7 Å². The van der Waals surface area contributed by atoms with Crippen molar-refractivity contribution < 1.29 is 148 Å². The Hall–Kier alpha value is -12.8. The first-order chi connectivity index (χ1) is 64.3. The molecule has 0 saturated carbocycles. The summed E-state index contributed by atoms with van der Waals surface area (Å²) in [6.45, 7) is 16.4. The standard InChI is InChI=1S/C24H25NO4.C24H23NO4.C22H21NO4.C18H27BO5.C13H8F3NO4S.C2H6O.B.Na.H/c2*1-3-29-24(27)11-7-18-14-21(28-2)8-10-22(18)17-6-9-23(20(13-17)16-26)19-5-4-12-25-15-19;1-27-19-6-8-20(16(12-19)5-9-22(25)26)15-4-7-21(18(11-15)14-24)17-3-2-10-23-13-17;1-7-22-16(20)11-8-13-12-14(21-6)9-10-15(13)19-23-17(2,3)18(4,5)24-19;14-13(15,16)22(19,20)21-11-3-4-12(10(6-11)8-18)9-2-1-5-17-7-9;1-2-3;;;/h4-6,8-10,12-15,26H,3,7,11,16H2,1-2H3;4-6,8-10,12-16H,3,7,11H2,1-2H3;2-4,6-8,10-13,24H,5,9,14H2,1H3,(H,25,26);9-10,12H,7-8,11H2,1-6H3;1-8H;3H,2H2,1H3;;;/q;;;;;;;+1;-1. The topological polar surface area (TPSA) is 361 Å². The monoisotopic (exact) mass is 1890 g/mol. The van der Waals surface area contributed by atoms with Crippen LogP contribution in [0.25, 0.3) is 77.9 Å². The molecule has 136 heavy (non-hydrogen) atoms. The molecule has 13 rings (SSSR count). The van der Waals surface area contributed by atoms with Gasteiger partial charge in [-0.25, -0.2) is 0 Å². The minimum absolute atomic E-state index is 0. The fraction of sp³-hybridized carbons (Fsp3) is 0.282. The van der Waals surface area contributed by atoms with E-state index in [9.17, 15) is 60.6 Å². The predicted octanol–water partition coefficient (Wildman–Crippen LogP) is 15.1. The molecule has 4 aromatic heterocycles. The van der Waals surface area contributed by atoms with Crippen LogP contribution in [0.5, 0.6) is 28.7 Å². The molecule has 3 radical (unpaired) electrons. The maximum absolute atomic E-state index is 12.3. The Labute approximate surface area is 816 Å². The van der Waals surface area contributed by atoms with Gasteiger partial charge in [0.15, 0.2) is 12.6 Å². The molecule has 5 heterocycles. The average Bonchev–Trinajstić information content (AvgIpc) is 1.61. The average molecular weight is 1890 g/mol. The zero-order valence-corrected chi connectivity index (χ0v) is 81.1. The molecule has 0 atom stereocenters. The summed E-state index contributed by atoms with van der Waals surface area (Å²) in [7, 11) is 0.198. The first-order valence-electron chi connectivity index (χ1n) is 42.9. The van der Waals surface area contributed by atoms with E-state index in [1.807, 2.05) is 191 Å². The van der Waals surface area contributed by atoms with E-state index in [4.69, 9.17) is 52.7 Å². The second kappa shape index (κ2) is 55.3. The first kappa shape index (κ1) is 112. The van der Waals surface area contributed by atoms with Gasteiger partial charge in [0.05, 0.1) is 72.7 Å². The van der Waals surface area contributed by atoms with E-state index in [2.05, 4.69) is 24.1 Å². The van der Waals surface area contributed by atoms with E-state index in [0.29, 0.717) is 87.1 Å². The molecule has 8 aromatic carbocycles. The van der Waals surface area contributed by atoms with Gasteiger partial charge in [0.1, 0.15) is 28.7 Å². The summed E-state index contributed by atoms with van der Waals surface area (Å²) in [5, 5.41) is 36.4. The van der Waals surface area contributed by atoms with Crippen molar-refractivity contribution in [1.29, 1.82) is 0 Å². The van der Waals surface area contributed by atoms with Crippen LogP contribution in [0.4, 0.5) is 13.2 Å². The van der Waals surface area contributed by atoms with Crippen LogP contribution in [0.3, 0.4) is 0 Å². The number of carboxylic acid groups (broad SMARTS) is 1. The molecule has 0 aliphatic carbocycles. The van der Waals surface area contributed by atoms with Gasteiger partial charge in [-0.15, -0.1) is 0 Å². The van der Waals surface area contributed by atoms with Gasteiger partial charge in [0.2, 0.25) is 0 Å². The van der Waals surface area contributed by atoms with Gasteiger partial charge in [-0.05, 0) is 285 Å². The van der Waals surface area contributed by atoms with Gasteiger partial charge in [-0.1, -0.05) is 84.9 Å². The SMILES string of the molecule is CCO.CCOC(=O)CCc1cc(OC)ccc1-c1ccc(-c2cccnc2)c(C=O)c1.CCOC(=O)CCc1cc(OC)ccc1-c1ccc(-c2cccnc2)c(CO)c1.CCOC(=O)CCc1cc(OC)ccc1B1OC(C)(C)C(C)(C)O1.COc1ccc(-c2ccc(-c3cccnc3)c(CO)c2)c(CCC(=O)O)c1.O=Cc1cc(OS(=O)(=O)C(F)(F)F)ccc1-c1cccnc1.[B].[H-].[Na+]. The second-order valence-corrected chi connectivity index (χ2v) is 32.2. The molecule has 12 aromatic rings. The number of aliphatic hydroxyl groups excluding tert-OH is 3. The molecule has 709 valence electrons. The number of aldehydes is 2. The molecule has 26 nitrogen and oxygen atoms in total. The maximum atomic E-state index is 12.3. The summed E-state index contributed by atoms with van der Waals surface area (Å²) < 4.78 is 111. The van der Waals surface area contributed by atoms with Crippen LogP contribution < -0.4 is 58.2 Å². The Bertz CT molecular complexity index is 6010. The molecule has 4 N–H and O–H groups in total. The number of carbonyl (C=O) groups excluding carboxylic acids is 5. The number of aryl methyl sites for hydroxylation is 4. The number of aliphatic carboxylic acids is 1. The summed E-state index contributed by atoms with van der Waals surface area (Å²) >= 11 is 0. The number of pyridine rings is 4. The Morgan fingerprint density at radius 1 is 0.412 bits per heavy atom. The van der Waals surface area contributed by atoms with E-state index in [1.165, 1.54) is 18.5 Å². The van der Waals surface area contributed by atoms with Crippen LogP contribution in [0.1, 0.15) is 137 Å². The summed E-state index contributed by atoms with van der Waals surface area (Å²) in [5.41, 5.74) is 12.7. The number of aromatic nitrogens is 4. The summed E-state index contributed by atoms with van der Waals surface area (Å²) in [6, 6.07) is 58.5. The van der Waals surface area contributed by atoms with Crippen molar-refractivity contribution >= 4 is 67.6 Å². The molecule has 1 saturated heterocycles. The van der Waals surface area contributed by atoms with E-state index >= 15 is 0 Å². The Morgan fingerprint density at radius 3 is 1.03 bits per heavy atom. The number of benzene rings is 8. The van der Waals surface area contributed by atoms with E-state index in [0.717, 1.165) is 141 Å². The zero-order chi connectivity index (χ0) is 97.6. The number of ether oxygens (including phenoxy) is 7. The van der Waals surface area contributed by atoms with Crippen molar-refractivity contribution in [3.63, 3.8) is 0 Å². The Balaban J connectivity index is 0.000000299. The van der Waals surface area contributed by atoms with Crippen molar-refractivity contribution in [2.24, 2.45) is 0 Å². The van der Waals surface area contributed by atoms with Crippen molar-refractivity contribution in [1.82, 2.24) is 19.9 Å². The van der Waals surface area contributed by atoms with E-state index in [1.54, 1.807) is 105 Å². The van der Waals surface area contributed by atoms with Gasteiger partial charge in [-0.3, -0.25) is 48.7 Å². The van der Waals surface area contributed by atoms with Gasteiger partial charge in [0.25, 0.3) is 0 Å². The molecular formula is C103H111B2F3N4NaO22S. The van der Waals surface area contributed by atoms with Gasteiger partial charge in [0, 0.05) is 124 Å². The Morgan fingerprint density at radius 2 is 0.706 bits per heavy atom. The number of halogens is 3. The summed E-state index contributed by atoms with van der Waals surface area (Å²) in [4.78, 5) is 85.5. The number of carbonyl (C=O) groups is 6. The molecule has 0 unspecified atom stereocenters. The minimum atomic E-state index is -5.78. The predicted molar refractivity (Wildman–Crippen MR) is 512 cm³/mol. The molecule has 1 aliphatic rings. The Kier molecular flexibility index (Phi) is 45.6. The number of rotatable bonds is 33. The van der Waals surface area contributed by atoms with Crippen LogP contribution in [0.15, 0.2) is 244 Å². The normalized spacial score (nSPS) is 11.9. The third-order valence-electron chi connectivity index (χ3n) is 21.3. The van der Waals surface area contributed by atoms with Crippen LogP contribution >= 0.6 is 0 Å². The third kappa shape index (κ3) is 32.2. The molecule has 0 amide bonds. The molecule has 0 spiro atoms. The van der Waals surface area contributed by atoms with Crippen LogP contribution in [0, 0.1) is 0 Å². The van der Waals surface area contributed by atoms with Crippen molar-refractivity contribution in [2.75, 3.05) is 54.9 Å². The maximum Gasteiger partial charge on any atom is 1.00 e. The summed E-state index contributed by atoms with van der Waals surface area (Å²) in [5.74, 6) is 0.782. The number of alkyl halides is 3. The smallest absolute Gasteiger partial charge is 1.00 e. The number of carboxylic acids is 1. The zero-order valence-electron chi connectivity index (χ0n) is 79.3. The fourth-order valence-electron chi connectivity index (χ4n) is 14.0. The number of nitrogens with zero attached hydrogens (tertiary/aromatic N) is 4. The number of aliphatic hydroxyl groups is 3. The molecule has 1 aliphatic heterocycles. The van der Waals surface area contributed by atoms with Crippen LogP contribution in [0.2, 0.25) is 0 Å². The molecule has 1 fully saturated rings. The van der Waals surface area contributed by atoms with Crippen LogP contribution in [-0.2, 0) is 91.7 Å². The van der Waals surface area contributed by atoms with Gasteiger partial charge >= 0.3 is 76.2 Å². The molecular weight excluding hydrogens is 1780 g/mol. The largest absolute Gasteiger partial charge is 1.00 e. The number of hydrogen-bond donors (Lipinski definition) is 4. The first-order valence-corrected chi connectivity index (χ1v) is 44.3. The number of esters is 3. The number of hydrogen-bond acceptors (Lipinski definition) is 25. The van der Waals surface area contributed by atoms with Crippen molar-refractivity contribution in [3.8, 4) is 107 Å².